The van der Waals surface area contributed by atoms with Crippen molar-refractivity contribution in [1.82, 2.24) is 0 Å². The monoisotopic (exact) mass is 243 g/mol. The molecule has 1 aromatic rings. The summed E-state index contributed by atoms with van der Waals surface area (Å²) >= 11 is 5.94. The topological polar surface area (TPSA) is 58.6 Å². The van der Waals surface area contributed by atoms with E-state index in [0.717, 1.165) is 5.56 Å². The quantitative estimate of drug-likeness (QED) is 0.854. The number of carbonyl (C=O) groups is 1. The molecule has 0 heterocycles. The molecule has 1 rings (SSSR count). The van der Waals surface area contributed by atoms with Crippen molar-refractivity contribution in [1.29, 1.82) is 0 Å². The van der Waals surface area contributed by atoms with Gasteiger partial charge in [0.25, 0.3) is 5.91 Å². The number of carbonyl (C=O) groups excluding carboxylic acids is 1. The average molecular weight is 244 g/mol. The number of methoxy groups -OCH3 is 1. The Morgan fingerprint density at radius 3 is 2.69 bits per heavy atom. The van der Waals surface area contributed by atoms with E-state index in [9.17, 15) is 4.79 Å². The van der Waals surface area contributed by atoms with Gasteiger partial charge in [0, 0.05) is 5.02 Å². The molecule has 0 aliphatic heterocycles. The third kappa shape index (κ3) is 2.87. The molecule has 1 atom stereocenters. The summed E-state index contributed by atoms with van der Waals surface area (Å²) in [6, 6.07) is 3.32. The first-order valence-corrected chi connectivity index (χ1v) is 5.16. The first-order chi connectivity index (χ1) is 7.45. The van der Waals surface area contributed by atoms with Crippen molar-refractivity contribution < 1.29 is 14.6 Å². The molecule has 1 amide bonds. The van der Waals surface area contributed by atoms with Gasteiger partial charge in [-0.25, -0.2) is 0 Å². The number of nitrogens with one attached hydrogen (secondary N) is 1. The molecule has 0 fully saturated rings. The Hall–Kier alpha value is -1.26. The van der Waals surface area contributed by atoms with Crippen molar-refractivity contribution in [2.24, 2.45) is 0 Å². The zero-order valence-electron chi connectivity index (χ0n) is 9.37. The minimum Gasteiger partial charge on any atom is -0.495 e. The molecule has 2 N–H and O–H groups in total. The van der Waals surface area contributed by atoms with Crippen LogP contribution in [-0.4, -0.2) is 24.2 Å². The van der Waals surface area contributed by atoms with Gasteiger partial charge in [-0.05, 0) is 31.5 Å². The average Bonchev–Trinajstić information content (AvgIpc) is 2.22. The predicted octanol–water partition coefficient (Wildman–Crippen LogP) is 1.98. The molecule has 4 nitrogen and oxygen atoms in total. The summed E-state index contributed by atoms with van der Waals surface area (Å²) in [4.78, 5) is 11.3. The van der Waals surface area contributed by atoms with E-state index in [1.54, 1.807) is 12.1 Å². The number of rotatable bonds is 3. The smallest absolute Gasteiger partial charge is 0.253 e. The Bertz CT molecular complexity index is 404. The highest BCUT2D eigenvalue weighted by atomic mass is 35.5. The fourth-order valence-electron chi connectivity index (χ4n) is 1.16. The van der Waals surface area contributed by atoms with Gasteiger partial charge in [0.2, 0.25) is 0 Å². The molecule has 0 aliphatic rings. The summed E-state index contributed by atoms with van der Waals surface area (Å²) < 4.78 is 5.11. The maximum atomic E-state index is 11.3. The largest absolute Gasteiger partial charge is 0.495 e. The number of amides is 1. The van der Waals surface area contributed by atoms with Crippen LogP contribution in [0.1, 0.15) is 12.5 Å². The lowest BCUT2D eigenvalue weighted by Crippen LogP contribution is -2.24. The van der Waals surface area contributed by atoms with Gasteiger partial charge < -0.3 is 15.2 Å². The summed E-state index contributed by atoms with van der Waals surface area (Å²) in [6.45, 7) is 3.22. The van der Waals surface area contributed by atoms with Gasteiger partial charge in [-0.3, -0.25) is 4.79 Å². The lowest BCUT2D eigenvalue weighted by Gasteiger charge is -2.13. The lowest BCUT2D eigenvalue weighted by atomic mass is 10.2. The molecule has 1 aromatic carbocycles. The van der Waals surface area contributed by atoms with E-state index in [-0.39, 0.29) is 0 Å². The molecule has 0 radical (unpaired) electrons. The third-order valence-corrected chi connectivity index (χ3v) is 2.53. The fourth-order valence-corrected chi connectivity index (χ4v) is 1.32. The van der Waals surface area contributed by atoms with Gasteiger partial charge in [-0.15, -0.1) is 0 Å². The second-order valence-electron chi connectivity index (χ2n) is 3.47. The minimum absolute atomic E-state index is 0.448. The summed E-state index contributed by atoms with van der Waals surface area (Å²) in [5, 5.41) is 12.1. The summed E-state index contributed by atoms with van der Waals surface area (Å²) in [6.07, 6.45) is -1.08. The molecule has 0 bridgehead atoms. The number of hydrogen-bond donors (Lipinski definition) is 2. The molecule has 0 aromatic heterocycles. The van der Waals surface area contributed by atoms with Crippen molar-refractivity contribution in [3.63, 3.8) is 0 Å². The van der Waals surface area contributed by atoms with E-state index in [2.05, 4.69) is 5.32 Å². The van der Waals surface area contributed by atoms with E-state index < -0.39 is 12.0 Å². The third-order valence-electron chi connectivity index (χ3n) is 2.12. The van der Waals surface area contributed by atoms with Crippen LogP contribution in [0.5, 0.6) is 5.75 Å². The maximum Gasteiger partial charge on any atom is 0.253 e. The van der Waals surface area contributed by atoms with Crippen molar-refractivity contribution in [3.8, 4) is 5.75 Å². The van der Waals surface area contributed by atoms with Crippen LogP contribution in [0.25, 0.3) is 0 Å². The Morgan fingerprint density at radius 2 is 2.19 bits per heavy atom. The van der Waals surface area contributed by atoms with Crippen molar-refractivity contribution in [2.75, 3.05) is 12.4 Å². The van der Waals surface area contributed by atoms with Gasteiger partial charge in [0.1, 0.15) is 11.9 Å². The number of halogens is 1. The van der Waals surface area contributed by atoms with Gasteiger partial charge in [0.05, 0.1) is 12.8 Å². The summed E-state index contributed by atoms with van der Waals surface area (Å²) in [7, 11) is 1.50. The fraction of sp³-hybridized carbons (Fsp3) is 0.364. The van der Waals surface area contributed by atoms with E-state index in [4.69, 9.17) is 21.4 Å². The number of anilines is 1. The number of hydrogen-bond acceptors (Lipinski definition) is 3. The molecule has 88 valence electrons. The first kappa shape index (κ1) is 12.8. The molecule has 0 aliphatic carbocycles. The first-order valence-electron chi connectivity index (χ1n) is 4.78. The number of aryl methyl sites for hydroxylation is 1. The zero-order chi connectivity index (χ0) is 12.3. The maximum absolute atomic E-state index is 11.3. The lowest BCUT2D eigenvalue weighted by molar-refractivity contribution is -0.123. The molecule has 0 spiro atoms. The van der Waals surface area contributed by atoms with Gasteiger partial charge in [0.15, 0.2) is 0 Å². The number of benzene rings is 1. The molecule has 0 saturated carbocycles. The van der Waals surface area contributed by atoms with Crippen LogP contribution in [-0.2, 0) is 4.79 Å². The highest BCUT2D eigenvalue weighted by molar-refractivity contribution is 6.31. The molecule has 0 saturated heterocycles. The predicted molar refractivity (Wildman–Crippen MR) is 63.1 cm³/mol. The molecular weight excluding hydrogens is 230 g/mol. The number of aliphatic hydroxyl groups is 1. The van der Waals surface area contributed by atoms with E-state index >= 15 is 0 Å². The molecular formula is C11H14ClNO3. The van der Waals surface area contributed by atoms with Crippen molar-refractivity contribution >= 4 is 23.2 Å². The summed E-state index contributed by atoms with van der Waals surface area (Å²) in [5.74, 6) is 0.00844. The molecule has 1 unspecified atom stereocenters. The van der Waals surface area contributed by atoms with Crippen LogP contribution in [0.4, 0.5) is 5.69 Å². The van der Waals surface area contributed by atoms with Crippen LogP contribution < -0.4 is 10.1 Å². The number of aliphatic hydroxyl groups excluding tert-OH is 1. The zero-order valence-corrected chi connectivity index (χ0v) is 10.1. The SMILES string of the molecule is COc1cc(C)c(Cl)cc1NC(=O)C(C)O. The standard InChI is InChI=1S/C11H14ClNO3/c1-6-4-10(16-3)9(5-8(6)12)13-11(15)7(2)14/h4-5,7,14H,1-3H3,(H,13,15). The highest BCUT2D eigenvalue weighted by Gasteiger charge is 2.13. The second kappa shape index (κ2) is 5.18. The second-order valence-corrected chi connectivity index (χ2v) is 3.87. The minimum atomic E-state index is -1.08. The van der Waals surface area contributed by atoms with Gasteiger partial charge in [-0.2, -0.15) is 0 Å². The van der Waals surface area contributed by atoms with Crippen LogP contribution in [0.15, 0.2) is 12.1 Å². The van der Waals surface area contributed by atoms with Gasteiger partial charge in [-0.1, -0.05) is 11.6 Å². The van der Waals surface area contributed by atoms with Crippen LogP contribution in [0.3, 0.4) is 0 Å². The van der Waals surface area contributed by atoms with Gasteiger partial charge >= 0.3 is 0 Å². The van der Waals surface area contributed by atoms with Crippen molar-refractivity contribution in [2.45, 2.75) is 20.0 Å². The van der Waals surface area contributed by atoms with Crippen LogP contribution >= 0.6 is 11.6 Å². The van der Waals surface area contributed by atoms with E-state index in [1.807, 2.05) is 6.92 Å². The molecule has 5 heteroatoms. The Balaban J connectivity index is 3.03. The highest BCUT2D eigenvalue weighted by Crippen LogP contribution is 2.30. The van der Waals surface area contributed by atoms with Crippen LogP contribution in [0, 0.1) is 6.92 Å². The number of ether oxygens (including phenoxy) is 1. The Kier molecular flexibility index (Phi) is 4.15. The molecule has 16 heavy (non-hydrogen) atoms. The van der Waals surface area contributed by atoms with Crippen LogP contribution in [0.2, 0.25) is 5.02 Å². The Labute approximate surface area is 99.2 Å². The van der Waals surface area contributed by atoms with E-state index in [0.29, 0.717) is 16.5 Å². The van der Waals surface area contributed by atoms with Crippen molar-refractivity contribution in [3.05, 3.63) is 22.7 Å². The van der Waals surface area contributed by atoms with E-state index in [1.165, 1.54) is 14.0 Å². The normalized spacial score (nSPS) is 12.1. The Morgan fingerprint density at radius 1 is 1.56 bits per heavy atom. The summed E-state index contributed by atoms with van der Waals surface area (Å²) in [5.41, 5.74) is 1.30.